The maximum absolute atomic E-state index is 11.9. The number of hydrogen-bond acceptors (Lipinski definition) is 2. The van der Waals surface area contributed by atoms with Gasteiger partial charge in [-0.05, 0) is 78.0 Å². The van der Waals surface area contributed by atoms with Gasteiger partial charge in [0.05, 0.1) is 5.69 Å². The summed E-state index contributed by atoms with van der Waals surface area (Å²) in [5, 5.41) is 0.842. The number of carbonyl (C=O) groups is 1. The second-order valence-corrected chi connectivity index (χ2v) is 8.48. The Balaban J connectivity index is 1.68. The van der Waals surface area contributed by atoms with Crippen molar-refractivity contribution in [2.24, 2.45) is 11.8 Å². The lowest BCUT2D eigenvalue weighted by molar-refractivity contribution is -0.131. The summed E-state index contributed by atoms with van der Waals surface area (Å²) in [7, 11) is 0. The lowest BCUT2D eigenvalue weighted by Crippen LogP contribution is -2.47. The molecule has 3 nitrogen and oxygen atoms in total. The molecule has 2 aromatic rings. The lowest BCUT2D eigenvalue weighted by atomic mass is 9.64. The van der Waals surface area contributed by atoms with E-state index in [1.165, 1.54) is 27.9 Å². The first kappa shape index (κ1) is 16.3. The monoisotopic (exact) mass is 366 g/mol. The molecule has 3 aliphatic rings. The highest BCUT2D eigenvalue weighted by molar-refractivity contribution is 6.30. The van der Waals surface area contributed by atoms with Crippen LogP contribution in [0.3, 0.4) is 0 Å². The Labute approximate surface area is 159 Å². The molecule has 3 atom stereocenters. The zero-order chi connectivity index (χ0) is 17.8. The second-order valence-electron chi connectivity index (χ2n) is 8.04. The molecular formula is C22H23ClN2O. The Morgan fingerprint density at radius 3 is 2.88 bits per heavy atom. The average Bonchev–Trinajstić information content (AvgIpc) is 2.79. The van der Waals surface area contributed by atoms with Crippen LogP contribution in [-0.4, -0.2) is 28.9 Å². The second kappa shape index (κ2) is 6.09. The zero-order valence-corrected chi connectivity index (χ0v) is 15.8. The van der Waals surface area contributed by atoms with E-state index >= 15 is 0 Å². The van der Waals surface area contributed by atoms with Gasteiger partial charge in [0, 0.05) is 37.2 Å². The van der Waals surface area contributed by atoms with Crippen molar-refractivity contribution in [1.29, 1.82) is 0 Å². The Bertz CT molecular complexity index is 894. The third-order valence-corrected chi connectivity index (χ3v) is 6.88. The molecule has 0 saturated carbocycles. The van der Waals surface area contributed by atoms with Gasteiger partial charge >= 0.3 is 0 Å². The predicted molar refractivity (Wildman–Crippen MR) is 102 cm³/mol. The number of amides is 1. The van der Waals surface area contributed by atoms with Crippen LogP contribution in [-0.2, 0) is 24.1 Å². The molecule has 1 unspecified atom stereocenters. The standard InChI is InChI=1S/C22H23ClN2O/c1-13(26)25-8-6-19-17(12-25)9-16-11-18(23)10-15-5-4-14-3-2-7-24-22(14)21(19)20(15)16/h2-3,7,10-11,17,19,21H,4-6,8-9,12H2,1H3/t17-,19?,21+/m0/s1. The van der Waals surface area contributed by atoms with Gasteiger partial charge in [0.15, 0.2) is 0 Å². The summed E-state index contributed by atoms with van der Waals surface area (Å²) in [5.41, 5.74) is 6.92. The molecule has 5 rings (SSSR count). The predicted octanol–water partition coefficient (Wildman–Crippen LogP) is 4.01. The first-order valence-corrected chi connectivity index (χ1v) is 10.00. The Hall–Kier alpha value is -1.87. The largest absolute Gasteiger partial charge is 0.343 e. The van der Waals surface area contributed by atoms with Gasteiger partial charge in [-0.25, -0.2) is 0 Å². The maximum atomic E-state index is 11.9. The molecule has 0 radical (unpaired) electrons. The van der Waals surface area contributed by atoms with E-state index in [2.05, 4.69) is 24.3 Å². The number of rotatable bonds is 0. The van der Waals surface area contributed by atoms with Crippen molar-refractivity contribution < 1.29 is 4.79 Å². The van der Waals surface area contributed by atoms with Crippen LogP contribution in [0.2, 0.25) is 5.02 Å². The molecule has 1 aromatic heterocycles. The molecule has 26 heavy (non-hydrogen) atoms. The smallest absolute Gasteiger partial charge is 0.219 e. The molecule has 1 fully saturated rings. The van der Waals surface area contributed by atoms with Crippen LogP contribution in [0.1, 0.15) is 47.2 Å². The number of fused-ring (bicyclic) bond motifs is 4. The van der Waals surface area contributed by atoms with Gasteiger partial charge in [0.2, 0.25) is 5.91 Å². The van der Waals surface area contributed by atoms with E-state index in [1.807, 2.05) is 11.1 Å². The van der Waals surface area contributed by atoms with Crippen LogP contribution in [0.5, 0.6) is 0 Å². The topological polar surface area (TPSA) is 33.2 Å². The number of hydrogen-bond donors (Lipinski definition) is 0. The van der Waals surface area contributed by atoms with Crippen LogP contribution >= 0.6 is 11.6 Å². The number of halogens is 1. The van der Waals surface area contributed by atoms with Crippen molar-refractivity contribution in [2.75, 3.05) is 13.1 Å². The van der Waals surface area contributed by atoms with Crippen LogP contribution in [0.15, 0.2) is 30.5 Å². The average molecular weight is 367 g/mol. The van der Waals surface area contributed by atoms with Crippen LogP contribution < -0.4 is 0 Å². The van der Waals surface area contributed by atoms with Gasteiger partial charge in [-0.2, -0.15) is 0 Å². The van der Waals surface area contributed by atoms with E-state index in [0.29, 0.717) is 17.8 Å². The molecular weight excluding hydrogens is 344 g/mol. The van der Waals surface area contributed by atoms with Gasteiger partial charge in [-0.15, -0.1) is 0 Å². The SMILES string of the molecule is CC(=O)N1CCC2[C@@H](Cc3cc(Cl)cc4c3[C@@H]2c2ncccc2CC4)C1. The van der Waals surface area contributed by atoms with E-state index in [1.54, 1.807) is 6.92 Å². The summed E-state index contributed by atoms with van der Waals surface area (Å²) < 4.78 is 0. The highest BCUT2D eigenvalue weighted by Gasteiger charge is 2.44. The first-order chi connectivity index (χ1) is 12.6. The lowest BCUT2D eigenvalue weighted by Gasteiger charge is -2.46. The maximum Gasteiger partial charge on any atom is 0.219 e. The Kier molecular flexibility index (Phi) is 3.82. The van der Waals surface area contributed by atoms with Crippen molar-refractivity contribution >= 4 is 17.5 Å². The van der Waals surface area contributed by atoms with E-state index in [9.17, 15) is 4.79 Å². The fraction of sp³-hybridized carbons (Fsp3) is 0.455. The van der Waals surface area contributed by atoms with Gasteiger partial charge < -0.3 is 4.90 Å². The highest BCUT2D eigenvalue weighted by atomic mass is 35.5. The summed E-state index contributed by atoms with van der Waals surface area (Å²) in [6.45, 7) is 3.42. The van der Waals surface area contributed by atoms with Gasteiger partial charge in [0.25, 0.3) is 0 Å². The van der Waals surface area contributed by atoms with Crippen LogP contribution in [0.4, 0.5) is 0 Å². The minimum atomic E-state index is 0.195. The molecule has 0 spiro atoms. The molecule has 4 heteroatoms. The minimum Gasteiger partial charge on any atom is -0.343 e. The number of pyridine rings is 1. The summed E-state index contributed by atoms with van der Waals surface area (Å²) in [5.74, 6) is 1.60. The number of likely N-dealkylation sites (tertiary alicyclic amines) is 1. The number of benzene rings is 1. The van der Waals surface area contributed by atoms with E-state index in [4.69, 9.17) is 16.6 Å². The molecule has 0 N–H and O–H groups in total. The minimum absolute atomic E-state index is 0.195. The van der Waals surface area contributed by atoms with Crippen molar-refractivity contribution in [3.05, 3.63) is 63.4 Å². The van der Waals surface area contributed by atoms with E-state index in [0.717, 1.165) is 43.8 Å². The normalized spacial score (nSPS) is 26.4. The third kappa shape index (κ3) is 2.48. The zero-order valence-electron chi connectivity index (χ0n) is 15.0. The molecule has 0 bridgehead atoms. The van der Waals surface area contributed by atoms with E-state index in [-0.39, 0.29) is 5.91 Å². The van der Waals surface area contributed by atoms with Gasteiger partial charge in [-0.1, -0.05) is 17.7 Å². The summed E-state index contributed by atoms with van der Waals surface area (Å²) in [6.07, 6.45) is 6.09. The molecule has 1 saturated heterocycles. The Morgan fingerprint density at radius 2 is 2.04 bits per heavy atom. The molecule has 134 valence electrons. The highest BCUT2D eigenvalue weighted by Crippen LogP contribution is 2.50. The third-order valence-electron chi connectivity index (χ3n) is 6.66. The molecule has 1 amide bonds. The fourth-order valence-corrected chi connectivity index (χ4v) is 5.81. The summed E-state index contributed by atoms with van der Waals surface area (Å²) in [4.78, 5) is 18.8. The van der Waals surface area contributed by atoms with Crippen molar-refractivity contribution in [1.82, 2.24) is 9.88 Å². The van der Waals surface area contributed by atoms with Crippen LogP contribution in [0.25, 0.3) is 0 Å². The van der Waals surface area contributed by atoms with Crippen molar-refractivity contribution in [2.45, 2.75) is 38.5 Å². The quantitative estimate of drug-likeness (QED) is 0.705. The number of carbonyl (C=O) groups excluding carboxylic acids is 1. The van der Waals surface area contributed by atoms with Gasteiger partial charge in [0.1, 0.15) is 0 Å². The van der Waals surface area contributed by atoms with E-state index < -0.39 is 0 Å². The van der Waals surface area contributed by atoms with Crippen LogP contribution in [0, 0.1) is 11.8 Å². The number of aromatic nitrogens is 1. The number of aryl methyl sites for hydroxylation is 2. The summed E-state index contributed by atoms with van der Waals surface area (Å²) in [6, 6.07) is 8.62. The molecule has 1 aliphatic heterocycles. The van der Waals surface area contributed by atoms with Crippen molar-refractivity contribution in [3.8, 4) is 0 Å². The van der Waals surface area contributed by atoms with Crippen molar-refractivity contribution in [3.63, 3.8) is 0 Å². The fourth-order valence-electron chi connectivity index (χ4n) is 5.55. The molecule has 2 aliphatic carbocycles. The summed E-state index contributed by atoms with van der Waals surface area (Å²) >= 11 is 6.47. The first-order valence-electron chi connectivity index (χ1n) is 9.62. The Morgan fingerprint density at radius 1 is 1.23 bits per heavy atom. The molecule has 1 aromatic carbocycles. The number of nitrogens with zero attached hydrogens (tertiary/aromatic N) is 2. The number of piperidine rings is 1. The van der Waals surface area contributed by atoms with Gasteiger partial charge in [-0.3, -0.25) is 9.78 Å². The molecule has 2 heterocycles.